The SMILES string of the molecule is CC1(C)CC(=O)C2=C(C1)O[C@H]1O[C@H]3CCCC[C@@H]3[C@H](OCc3ccccc3)[C@@H]21. The predicted octanol–water partition coefficient (Wildman–Crippen LogP) is 4.78. The van der Waals surface area contributed by atoms with E-state index < -0.39 is 0 Å². The lowest BCUT2D eigenvalue weighted by Gasteiger charge is -2.46. The van der Waals surface area contributed by atoms with Crippen molar-refractivity contribution in [2.24, 2.45) is 17.3 Å². The first-order valence-corrected chi connectivity index (χ1v) is 10.8. The first-order valence-electron chi connectivity index (χ1n) is 10.8. The highest BCUT2D eigenvalue weighted by Crippen LogP contribution is 2.52. The van der Waals surface area contributed by atoms with Crippen molar-refractivity contribution >= 4 is 5.78 Å². The van der Waals surface area contributed by atoms with E-state index in [2.05, 4.69) is 26.0 Å². The molecule has 150 valence electrons. The van der Waals surface area contributed by atoms with Crippen LogP contribution < -0.4 is 0 Å². The highest BCUT2D eigenvalue weighted by Gasteiger charge is 2.56. The number of hydrogen-bond donors (Lipinski definition) is 0. The zero-order valence-electron chi connectivity index (χ0n) is 16.9. The number of carbonyl (C=O) groups excluding carboxylic acids is 1. The van der Waals surface area contributed by atoms with E-state index in [-0.39, 0.29) is 35.6 Å². The molecule has 4 heteroatoms. The van der Waals surface area contributed by atoms with Crippen molar-refractivity contribution in [2.45, 2.75) is 77.5 Å². The Morgan fingerprint density at radius 1 is 1.11 bits per heavy atom. The van der Waals surface area contributed by atoms with Crippen molar-refractivity contribution in [3.05, 3.63) is 47.2 Å². The number of fused-ring (bicyclic) bond motifs is 3. The van der Waals surface area contributed by atoms with Gasteiger partial charge in [0.15, 0.2) is 5.78 Å². The van der Waals surface area contributed by atoms with Crippen LogP contribution in [0.3, 0.4) is 0 Å². The number of allylic oxidation sites excluding steroid dienone is 1. The molecule has 0 aromatic heterocycles. The molecular formula is C24H30O4. The molecule has 2 aliphatic heterocycles. The van der Waals surface area contributed by atoms with E-state index in [0.29, 0.717) is 18.9 Å². The quantitative estimate of drug-likeness (QED) is 0.755. The summed E-state index contributed by atoms with van der Waals surface area (Å²) in [6.45, 7) is 4.86. The van der Waals surface area contributed by atoms with Crippen molar-refractivity contribution in [1.29, 1.82) is 0 Å². The Morgan fingerprint density at radius 2 is 1.89 bits per heavy atom. The van der Waals surface area contributed by atoms with E-state index in [1.54, 1.807) is 0 Å². The monoisotopic (exact) mass is 382 g/mol. The van der Waals surface area contributed by atoms with Gasteiger partial charge < -0.3 is 14.2 Å². The van der Waals surface area contributed by atoms with Crippen molar-refractivity contribution < 1.29 is 19.0 Å². The van der Waals surface area contributed by atoms with Crippen LogP contribution in [0.15, 0.2) is 41.7 Å². The van der Waals surface area contributed by atoms with E-state index in [9.17, 15) is 4.79 Å². The summed E-state index contributed by atoms with van der Waals surface area (Å²) in [4.78, 5) is 13.1. The number of ketones is 1. The van der Waals surface area contributed by atoms with Crippen LogP contribution in [-0.4, -0.2) is 24.3 Å². The zero-order chi connectivity index (χ0) is 19.3. The molecule has 0 spiro atoms. The van der Waals surface area contributed by atoms with Gasteiger partial charge in [0.2, 0.25) is 6.29 Å². The van der Waals surface area contributed by atoms with Gasteiger partial charge in [0.25, 0.3) is 0 Å². The number of rotatable bonds is 3. The number of carbonyl (C=O) groups is 1. The molecule has 0 amide bonds. The molecule has 2 heterocycles. The Labute approximate surface area is 167 Å². The number of Topliss-reactive ketones (excluding diaryl/α,β-unsaturated/α-hetero) is 1. The minimum atomic E-state index is -0.358. The van der Waals surface area contributed by atoms with E-state index in [1.807, 2.05) is 18.2 Å². The highest BCUT2D eigenvalue weighted by atomic mass is 16.7. The Morgan fingerprint density at radius 3 is 2.71 bits per heavy atom. The van der Waals surface area contributed by atoms with Crippen LogP contribution in [0.25, 0.3) is 0 Å². The maximum absolute atomic E-state index is 13.1. The summed E-state index contributed by atoms with van der Waals surface area (Å²) in [6, 6.07) is 10.3. The zero-order valence-corrected chi connectivity index (χ0v) is 16.9. The molecule has 1 aromatic carbocycles. The lowest BCUT2D eigenvalue weighted by molar-refractivity contribution is -0.252. The molecule has 28 heavy (non-hydrogen) atoms. The third-order valence-corrected chi connectivity index (χ3v) is 6.89. The molecule has 4 aliphatic rings. The smallest absolute Gasteiger partial charge is 0.209 e. The predicted molar refractivity (Wildman–Crippen MR) is 105 cm³/mol. The van der Waals surface area contributed by atoms with Crippen molar-refractivity contribution in [1.82, 2.24) is 0 Å². The first-order chi connectivity index (χ1) is 13.5. The second-order valence-electron chi connectivity index (χ2n) is 9.67. The summed E-state index contributed by atoms with van der Waals surface area (Å²) in [6.07, 6.45) is 5.78. The third kappa shape index (κ3) is 3.21. The fourth-order valence-electron chi connectivity index (χ4n) is 5.64. The molecule has 0 N–H and O–H groups in total. The topological polar surface area (TPSA) is 44.8 Å². The van der Waals surface area contributed by atoms with Gasteiger partial charge in [-0.15, -0.1) is 0 Å². The van der Waals surface area contributed by atoms with Crippen molar-refractivity contribution in [3.63, 3.8) is 0 Å². The summed E-state index contributed by atoms with van der Waals surface area (Å²) in [5, 5.41) is 0. The van der Waals surface area contributed by atoms with Gasteiger partial charge in [-0.1, -0.05) is 57.0 Å². The summed E-state index contributed by atoms with van der Waals surface area (Å²) in [7, 11) is 0. The molecule has 0 bridgehead atoms. The van der Waals surface area contributed by atoms with E-state index in [0.717, 1.165) is 30.6 Å². The molecule has 2 fully saturated rings. The van der Waals surface area contributed by atoms with Gasteiger partial charge in [-0.25, -0.2) is 0 Å². The standard InChI is InChI=1S/C24H30O4/c1-24(2)12-17(25)20-19(13-24)28-23-21(20)22(16-10-6-7-11-18(16)27-23)26-14-15-8-4-3-5-9-15/h3-5,8-9,16,18,21-23H,6-7,10-14H2,1-2H3/t16-,18-,21+,22-,23+/m0/s1. The van der Waals surface area contributed by atoms with Gasteiger partial charge in [0, 0.05) is 24.3 Å². The minimum Gasteiger partial charge on any atom is -0.468 e. The van der Waals surface area contributed by atoms with Gasteiger partial charge >= 0.3 is 0 Å². The van der Waals surface area contributed by atoms with Crippen LogP contribution in [0.4, 0.5) is 0 Å². The molecule has 1 aromatic rings. The third-order valence-electron chi connectivity index (χ3n) is 6.89. The second kappa shape index (κ2) is 7.00. The summed E-state index contributed by atoms with van der Waals surface area (Å²) in [5.41, 5.74) is 1.99. The van der Waals surface area contributed by atoms with Crippen LogP contribution in [0.1, 0.15) is 57.9 Å². The average molecular weight is 383 g/mol. The Hall–Kier alpha value is -1.65. The largest absolute Gasteiger partial charge is 0.468 e. The van der Waals surface area contributed by atoms with E-state index >= 15 is 0 Å². The first kappa shape index (κ1) is 18.4. The van der Waals surface area contributed by atoms with Crippen molar-refractivity contribution in [2.75, 3.05) is 0 Å². The molecule has 0 unspecified atom stereocenters. The van der Waals surface area contributed by atoms with Gasteiger partial charge in [0.1, 0.15) is 5.76 Å². The molecular weight excluding hydrogens is 352 g/mol. The lowest BCUT2D eigenvalue weighted by atomic mass is 9.69. The fraction of sp³-hybridized carbons (Fsp3) is 0.625. The molecule has 1 saturated heterocycles. The average Bonchev–Trinajstić information content (AvgIpc) is 3.02. The van der Waals surface area contributed by atoms with Crippen molar-refractivity contribution in [3.8, 4) is 0 Å². The Balaban J connectivity index is 1.46. The molecule has 0 radical (unpaired) electrons. The van der Waals surface area contributed by atoms with Crippen LogP contribution >= 0.6 is 0 Å². The normalized spacial score (nSPS) is 36.4. The number of benzene rings is 1. The molecule has 4 nitrogen and oxygen atoms in total. The Kier molecular flexibility index (Phi) is 4.59. The molecule has 5 rings (SSSR count). The lowest BCUT2D eigenvalue weighted by Crippen LogP contribution is -2.53. The summed E-state index contributed by atoms with van der Waals surface area (Å²) < 4.78 is 19.2. The maximum Gasteiger partial charge on any atom is 0.209 e. The second-order valence-corrected chi connectivity index (χ2v) is 9.67. The fourth-order valence-corrected chi connectivity index (χ4v) is 5.64. The van der Waals surface area contributed by atoms with Gasteiger partial charge in [-0.05, 0) is 23.8 Å². The highest BCUT2D eigenvalue weighted by molar-refractivity contribution is 5.98. The van der Waals surface area contributed by atoms with E-state index in [4.69, 9.17) is 14.2 Å². The van der Waals surface area contributed by atoms with E-state index in [1.165, 1.54) is 18.4 Å². The maximum atomic E-state index is 13.1. The van der Waals surface area contributed by atoms with Crippen LogP contribution in [0, 0.1) is 17.3 Å². The summed E-state index contributed by atoms with van der Waals surface area (Å²) in [5.74, 6) is 1.35. The minimum absolute atomic E-state index is 0.0121. The number of hydrogen-bond acceptors (Lipinski definition) is 4. The number of ether oxygens (including phenoxy) is 3. The van der Waals surface area contributed by atoms with Crippen LogP contribution in [-0.2, 0) is 25.6 Å². The molecule has 2 aliphatic carbocycles. The molecule has 1 saturated carbocycles. The van der Waals surface area contributed by atoms with Gasteiger partial charge in [0.05, 0.1) is 24.7 Å². The Bertz CT molecular complexity index is 781. The molecule has 5 atom stereocenters. The van der Waals surface area contributed by atoms with Gasteiger partial charge in [-0.3, -0.25) is 4.79 Å². The van der Waals surface area contributed by atoms with Crippen LogP contribution in [0.5, 0.6) is 0 Å². The summed E-state index contributed by atoms with van der Waals surface area (Å²) >= 11 is 0. The van der Waals surface area contributed by atoms with Gasteiger partial charge in [-0.2, -0.15) is 0 Å². The van der Waals surface area contributed by atoms with Crippen LogP contribution in [0.2, 0.25) is 0 Å².